The molecule has 1 fully saturated rings. The van der Waals surface area contributed by atoms with Crippen LogP contribution in [0.2, 0.25) is 11.3 Å². The van der Waals surface area contributed by atoms with Gasteiger partial charge in [-0.05, 0) is 42.4 Å². The minimum atomic E-state index is -1.53. The van der Waals surface area contributed by atoms with Gasteiger partial charge < -0.3 is 31.1 Å². The van der Waals surface area contributed by atoms with Crippen LogP contribution in [0.25, 0.3) is 0 Å². The number of amides is 1. The van der Waals surface area contributed by atoms with E-state index in [9.17, 15) is 14.7 Å². The van der Waals surface area contributed by atoms with Gasteiger partial charge in [0, 0.05) is 30.6 Å². The molecule has 0 radical (unpaired) electrons. The molecule has 0 spiro atoms. The lowest BCUT2D eigenvalue weighted by Gasteiger charge is -2.29. The highest BCUT2D eigenvalue weighted by Crippen LogP contribution is 2.32. The normalized spacial score (nSPS) is 26.8. The number of carbonyl (C=O) groups excluding carboxylic acids is 1. The first-order valence-electron chi connectivity index (χ1n) is 9.38. The van der Waals surface area contributed by atoms with E-state index in [4.69, 9.17) is 27.4 Å². The zero-order valence-corrected chi connectivity index (χ0v) is 16.2. The third-order valence-electron chi connectivity index (χ3n) is 5.78. The molecule has 2 aliphatic heterocycles. The highest BCUT2D eigenvalue weighted by Gasteiger charge is 2.51. The second-order valence-corrected chi connectivity index (χ2v) is 8.16. The van der Waals surface area contributed by atoms with Crippen molar-refractivity contribution in [2.75, 3.05) is 13.1 Å². The summed E-state index contributed by atoms with van der Waals surface area (Å²) >= 11 is 6.01. The molecule has 1 saturated heterocycles. The number of aliphatic carboxylic acids is 1. The number of carboxylic acids is 1. The van der Waals surface area contributed by atoms with Crippen molar-refractivity contribution in [2.24, 2.45) is 11.7 Å². The molecular weight excluding hydrogens is 384 g/mol. The maximum Gasteiger partial charge on any atom is 0.451 e. The predicted octanol–water partition coefficient (Wildman–Crippen LogP) is -0.152. The standard InChI is InChI=1S/C18H25BClN3O5/c20-14-4-3-11-7-15(22-8-12(11)6-14)16(24)23-9-13(2-1-5-19(27)28)18(21,10-23)17(25)26/h3-4,6,13,15,22,27-28H,1-2,5,7-10,21H2,(H,25,26)/t13-,15?,18+/m0/s1. The van der Waals surface area contributed by atoms with Gasteiger partial charge in [0.1, 0.15) is 5.54 Å². The molecule has 3 atom stereocenters. The summed E-state index contributed by atoms with van der Waals surface area (Å²) in [7, 11) is -1.43. The topological polar surface area (TPSA) is 136 Å². The Hall–Kier alpha value is -1.65. The van der Waals surface area contributed by atoms with Crippen LogP contribution >= 0.6 is 11.6 Å². The highest BCUT2D eigenvalue weighted by atomic mass is 35.5. The Morgan fingerprint density at radius 2 is 2.11 bits per heavy atom. The quantitative estimate of drug-likeness (QED) is 0.412. The summed E-state index contributed by atoms with van der Waals surface area (Å²) in [6.07, 6.45) is 1.48. The summed E-state index contributed by atoms with van der Waals surface area (Å²) in [5.74, 6) is -1.75. The molecule has 1 aromatic rings. The van der Waals surface area contributed by atoms with Crippen molar-refractivity contribution in [3.05, 3.63) is 34.3 Å². The van der Waals surface area contributed by atoms with Crippen LogP contribution in [0.4, 0.5) is 0 Å². The number of halogens is 1. The van der Waals surface area contributed by atoms with Crippen LogP contribution in [-0.2, 0) is 22.6 Å². The Kier molecular flexibility index (Phi) is 6.31. The molecule has 1 aromatic carbocycles. The van der Waals surface area contributed by atoms with E-state index in [1.54, 1.807) is 6.07 Å². The Morgan fingerprint density at radius 1 is 1.36 bits per heavy atom. The fourth-order valence-corrected chi connectivity index (χ4v) is 4.32. The average molecular weight is 410 g/mol. The molecule has 1 amide bonds. The van der Waals surface area contributed by atoms with Gasteiger partial charge in [-0.1, -0.05) is 24.1 Å². The summed E-state index contributed by atoms with van der Waals surface area (Å²) in [5, 5.41) is 31.5. The molecular formula is C18H25BClN3O5. The zero-order valence-electron chi connectivity index (χ0n) is 15.5. The zero-order chi connectivity index (χ0) is 20.5. The van der Waals surface area contributed by atoms with Crippen molar-refractivity contribution in [1.82, 2.24) is 10.2 Å². The number of likely N-dealkylation sites (tertiary alicyclic amines) is 1. The van der Waals surface area contributed by atoms with Crippen LogP contribution < -0.4 is 11.1 Å². The molecule has 3 rings (SSSR count). The lowest BCUT2D eigenvalue weighted by atomic mass is 9.78. The van der Waals surface area contributed by atoms with Gasteiger partial charge in [0.15, 0.2) is 0 Å². The molecule has 0 aromatic heterocycles. The lowest BCUT2D eigenvalue weighted by molar-refractivity contribution is -0.144. The third kappa shape index (κ3) is 4.34. The lowest BCUT2D eigenvalue weighted by Crippen LogP contribution is -2.56. The van der Waals surface area contributed by atoms with Crippen molar-refractivity contribution < 1.29 is 24.7 Å². The van der Waals surface area contributed by atoms with Crippen LogP contribution in [0, 0.1) is 5.92 Å². The minimum absolute atomic E-state index is 0.0564. The van der Waals surface area contributed by atoms with Crippen LogP contribution in [0.15, 0.2) is 18.2 Å². The van der Waals surface area contributed by atoms with Gasteiger partial charge in [0.2, 0.25) is 5.91 Å². The number of nitrogens with one attached hydrogen (secondary N) is 1. The molecule has 8 nitrogen and oxygen atoms in total. The van der Waals surface area contributed by atoms with Crippen LogP contribution in [0.1, 0.15) is 24.0 Å². The molecule has 6 N–H and O–H groups in total. The number of fused-ring (bicyclic) bond motifs is 1. The summed E-state index contributed by atoms with van der Waals surface area (Å²) in [4.78, 5) is 26.3. The van der Waals surface area contributed by atoms with E-state index >= 15 is 0 Å². The summed E-state index contributed by atoms with van der Waals surface area (Å²) in [5.41, 5.74) is 6.73. The van der Waals surface area contributed by atoms with Gasteiger partial charge >= 0.3 is 13.1 Å². The maximum atomic E-state index is 13.0. The Labute approximate surface area is 168 Å². The number of carboxylic acid groups (broad SMARTS) is 1. The first-order valence-corrected chi connectivity index (χ1v) is 9.76. The van der Waals surface area contributed by atoms with E-state index in [1.807, 2.05) is 12.1 Å². The smallest absolute Gasteiger partial charge is 0.451 e. The van der Waals surface area contributed by atoms with Crippen molar-refractivity contribution >= 4 is 30.6 Å². The van der Waals surface area contributed by atoms with E-state index < -0.39 is 30.6 Å². The van der Waals surface area contributed by atoms with E-state index in [-0.39, 0.29) is 25.3 Å². The summed E-state index contributed by atoms with van der Waals surface area (Å²) in [6.45, 7) is 0.707. The molecule has 0 saturated carbocycles. The highest BCUT2D eigenvalue weighted by molar-refractivity contribution is 6.40. The number of hydrogen-bond acceptors (Lipinski definition) is 6. The number of nitrogens with two attached hydrogens (primary N) is 1. The second-order valence-electron chi connectivity index (χ2n) is 7.72. The van der Waals surface area contributed by atoms with E-state index in [2.05, 4.69) is 5.32 Å². The minimum Gasteiger partial charge on any atom is -0.480 e. The first-order chi connectivity index (χ1) is 13.2. The van der Waals surface area contributed by atoms with Crippen molar-refractivity contribution in [3.63, 3.8) is 0 Å². The van der Waals surface area contributed by atoms with Gasteiger partial charge in [-0.15, -0.1) is 0 Å². The van der Waals surface area contributed by atoms with Gasteiger partial charge in [0.25, 0.3) is 0 Å². The maximum absolute atomic E-state index is 13.0. The van der Waals surface area contributed by atoms with Crippen LogP contribution in [-0.4, -0.2) is 63.7 Å². The van der Waals surface area contributed by atoms with E-state index in [0.717, 1.165) is 11.1 Å². The molecule has 2 heterocycles. The molecule has 10 heteroatoms. The van der Waals surface area contributed by atoms with Crippen LogP contribution in [0.3, 0.4) is 0 Å². The number of rotatable bonds is 6. The monoisotopic (exact) mass is 409 g/mol. The first kappa shape index (κ1) is 21.1. The van der Waals surface area contributed by atoms with E-state index in [0.29, 0.717) is 30.8 Å². The summed E-state index contributed by atoms with van der Waals surface area (Å²) in [6, 6.07) is 5.14. The fourth-order valence-electron chi connectivity index (χ4n) is 4.12. The van der Waals surface area contributed by atoms with E-state index in [1.165, 1.54) is 4.90 Å². The number of nitrogens with zero attached hydrogens (tertiary/aromatic N) is 1. The van der Waals surface area contributed by atoms with Crippen molar-refractivity contribution in [2.45, 2.75) is 43.7 Å². The fraction of sp³-hybridized carbons (Fsp3) is 0.556. The molecule has 1 unspecified atom stereocenters. The Morgan fingerprint density at radius 3 is 2.79 bits per heavy atom. The number of benzene rings is 1. The summed E-state index contributed by atoms with van der Waals surface area (Å²) < 4.78 is 0. The average Bonchev–Trinajstić information content (AvgIpc) is 2.98. The second kappa shape index (κ2) is 8.38. The van der Waals surface area contributed by atoms with Gasteiger partial charge in [-0.2, -0.15) is 0 Å². The molecule has 0 aliphatic carbocycles. The molecule has 152 valence electrons. The number of carbonyl (C=O) groups is 2. The number of hydrogen-bond donors (Lipinski definition) is 5. The molecule has 28 heavy (non-hydrogen) atoms. The predicted molar refractivity (Wildman–Crippen MR) is 105 cm³/mol. The van der Waals surface area contributed by atoms with Crippen molar-refractivity contribution in [3.8, 4) is 0 Å². The van der Waals surface area contributed by atoms with Crippen molar-refractivity contribution in [1.29, 1.82) is 0 Å². The Bertz CT molecular complexity index is 765. The SMILES string of the molecule is N[C@]1(C(=O)O)CN(C(=O)C2Cc3ccc(Cl)cc3CN2)C[C@@H]1CCCB(O)O. The molecule has 0 bridgehead atoms. The van der Waals surface area contributed by atoms with Gasteiger partial charge in [-0.3, -0.25) is 9.59 Å². The van der Waals surface area contributed by atoms with Gasteiger partial charge in [0.05, 0.1) is 6.04 Å². The van der Waals surface area contributed by atoms with Crippen LogP contribution in [0.5, 0.6) is 0 Å². The largest absolute Gasteiger partial charge is 0.480 e. The van der Waals surface area contributed by atoms with Gasteiger partial charge in [-0.25, -0.2) is 0 Å². The Balaban J connectivity index is 1.68. The molecule has 2 aliphatic rings. The third-order valence-corrected chi connectivity index (χ3v) is 6.01.